The number of esters is 1. The smallest absolute Gasteiger partial charge is 0.306 e. The van der Waals surface area contributed by atoms with Crippen molar-refractivity contribution in [3.05, 3.63) is 77.6 Å². The van der Waals surface area contributed by atoms with Gasteiger partial charge in [0.2, 0.25) is 0 Å². The predicted octanol–water partition coefficient (Wildman–Crippen LogP) is 4.46. The van der Waals surface area contributed by atoms with Gasteiger partial charge in [0, 0.05) is 18.0 Å². The number of rotatable bonds is 6. The molecular formula is C22H21NO3. The molecule has 2 aromatic carbocycles. The van der Waals surface area contributed by atoms with Gasteiger partial charge in [-0.1, -0.05) is 35.9 Å². The van der Waals surface area contributed by atoms with Crippen molar-refractivity contribution in [3.8, 4) is 0 Å². The highest BCUT2D eigenvalue weighted by Crippen LogP contribution is 2.27. The molecule has 0 aliphatic heterocycles. The van der Waals surface area contributed by atoms with E-state index < -0.39 is 5.92 Å². The molecule has 0 fully saturated rings. The Morgan fingerprint density at radius 3 is 2.46 bits per heavy atom. The average molecular weight is 347 g/mol. The van der Waals surface area contributed by atoms with E-state index in [9.17, 15) is 9.59 Å². The first-order valence-corrected chi connectivity index (χ1v) is 8.68. The molecule has 1 atom stereocenters. The second kappa shape index (κ2) is 7.91. The standard InChI is InChI=1S/C22H21NO3/c1-3-26-21(24)14-20(17-8-10-23-11-9-17)22(25)18-7-6-16-5-4-15(2)12-19(16)13-18/h4-13,20H,3,14H2,1-2H3. The van der Waals surface area contributed by atoms with Gasteiger partial charge in [0.05, 0.1) is 18.9 Å². The van der Waals surface area contributed by atoms with Crippen molar-refractivity contribution in [2.45, 2.75) is 26.2 Å². The number of hydrogen-bond donors (Lipinski definition) is 0. The molecule has 1 unspecified atom stereocenters. The number of benzene rings is 2. The van der Waals surface area contributed by atoms with Crippen LogP contribution in [-0.2, 0) is 9.53 Å². The van der Waals surface area contributed by atoms with Gasteiger partial charge >= 0.3 is 5.97 Å². The molecule has 0 amide bonds. The maximum Gasteiger partial charge on any atom is 0.306 e. The fourth-order valence-electron chi connectivity index (χ4n) is 3.06. The molecular weight excluding hydrogens is 326 g/mol. The second-order valence-electron chi connectivity index (χ2n) is 6.27. The van der Waals surface area contributed by atoms with Crippen LogP contribution in [0.1, 0.15) is 40.7 Å². The number of ether oxygens (including phenoxy) is 1. The number of Topliss-reactive ketones (excluding diaryl/α,β-unsaturated/α-hetero) is 1. The van der Waals surface area contributed by atoms with E-state index in [1.807, 2.05) is 37.3 Å². The van der Waals surface area contributed by atoms with Gasteiger partial charge in [0.15, 0.2) is 5.78 Å². The first kappa shape index (κ1) is 17.8. The lowest BCUT2D eigenvalue weighted by atomic mass is 9.88. The van der Waals surface area contributed by atoms with Crippen molar-refractivity contribution in [1.29, 1.82) is 0 Å². The highest BCUT2D eigenvalue weighted by molar-refractivity contribution is 6.05. The third kappa shape index (κ3) is 3.97. The first-order chi connectivity index (χ1) is 12.6. The quantitative estimate of drug-likeness (QED) is 0.488. The molecule has 0 N–H and O–H groups in total. The highest BCUT2D eigenvalue weighted by Gasteiger charge is 2.25. The molecule has 4 nitrogen and oxygen atoms in total. The van der Waals surface area contributed by atoms with Crippen molar-refractivity contribution in [1.82, 2.24) is 4.98 Å². The maximum absolute atomic E-state index is 13.2. The van der Waals surface area contributed by atoms with E-state index in [0.29, 0.717) is 12.2 Å². The summed E-state index contributed by atoms with van der Waals surface area (Å²) in [5.74, 6) is -1.05. The molecule has 0 radical (unpaired) electrons. The summed E-state index contributed by atoms with van der Waals surface area (Å²) in [5.41, 5.74) is 2.50. The number of pyridine rings is 1. The second-order valence-corrected chi connectivity index (χ2v) is 6.27. The van der Waals surface area contributed by atoms with Gasteiger partial charge in [-0.3, -0.25) is 14.6 Å². The van der Waals surface area contributed by atoms with Gasteiger partial charge in [-0.05, 0) is 48.4 Å². The minimum Gasteiger partial charge on any atom is -0.466 e. The summed E-state index contributed by atoms with van der Waals surface area (Å²) < 4.78 is 5.06. The van der Waals surface area contributed by atoms with Crippen LogP contribution in [0.15, 0.2) is 60.9 Å². The summed E-state index contributed by atoms with van der Waals surface area (Å²) in [6.45, 7) is 4.08. The number of aryl methyl sites for hydroxylation is 1. The minimum atomic E-state index is -0.584. The fourth-order valence-corrected chi connectivity index (χ4v) is 3.06. The Labute approximate surface area is 152 Å². The van der Waals surface area contributed by atoms with Gasteiger partial charge in [-0.15, -0.1) is 0 Å². The monoisotopic (exact) mass is 347 g/mol. The predicted molar refractivity (Wildman–Crippen MR) is 101 cm³/mol. The molecule has 0 spiro atoms. The zero-order chi connectivity index (χ0) is 18.5. The Hall–Kier alpha value is -3.01. The normalized spacial score (nSPS) is 11.9. The van der Waals surface area contributed by atoms with E-state index in [4.69, 9.17) is 4.74 Å². The van der Waals surface area contributed by atoms with Crippen LogP contribution in [0.4, 0.5) is 0 Å². The molecule has 0 bridgehead atoms. The Kier molecular flexibility index (Phi) is 5.42. The lowest BCUT2D eigenvalue weighted by Gasteiger charge is -2.16. The van der Waals surface area contributed by atoms with Crippen molar-refractivity contribution in [2.75, 3.05) is 6.61 Å². The lowest BCUT2D eigenvalue weighted by molar-refractivity contribution is -0.143. The number of carbonyl (C=O) groups is 2. The Morgan fingerprint density at radius 2 is 1.73 bits per heavy atom. The Bertz CT molecular complexity index is 935. The van der Waals surface area contributed by atoms with E-state index >= 15 is 0 Å². The summed E-state index contributed by atoms with van der Waals surface area (Å²) in [5, 5.41) is 2.10. The number of aromatic nitrogens is 1. The number of fused-ring (bicyclic) bond motifs is 1. The number of carbonyl (C=O) groups excluding carboxylic acids is 2. The van der Waals surface area contributed by atoms with Gasteiger partial charge in [-0.2, -0.15) is 0 Å². The molecule has 0 saturated carbocycles. The van der Waals surface area contributed by atoms with Crippen molar-refractivity contribution in [2.24, 2.45) is 0 Å². The summed E-state index contributed by atoms with van der Waals surface area (Å²) >= 11 is 0. The van der Waals surface area contributed by atoms with Crippen LogP contribution < -0.4 is 0 Å². The molecule has 0 saturated heterocycles. The van der Waals surface area contributed by atoms with Crippen LogP contribution in [0.3, 0.4) is 0 Å². The van der Waals surface area contributed by atoms with Crippen LogP contribution in [-0.4, -0.2) is 23.3 Å². The Morgan fingerprint density at radius 1 is 1.00 bits per heavy atom. The summed E-state index contributed by atoms with van der Waals surface area (Å²) in [4.78, 5) is 29.2. The molecule has 4 heteroatoms. The van der Waals surface area contributed by atoms with Gasteiger partial charge < -0.3 is 4.74 Å². The third-order valence-electron chi connectivity index (χ3n) is 4.38. The SMILES string of the molecule is CCOC(=O)CC(C(=O)c1ccc2ccc(C)cc2c1)c1ccncc1. The molecule has 3 aromatic rings. The number of hydrogen-bond acceptors (Lipinski definition) is 4. The molecule has 132 valence electrons. The third-order valence-corrected chi connectivity index (χ3v) is 4.38. The topological polar surface area (TPSA) is 56.3 Å². The highest BCUT2D eigenvalue weighted by atomic mass is 16.5. The lowest BCUT2D eigenvalue weighted by Crippen LogP contribution is -2.18. The molecule has 3 rings (SSSR count). The molecule has 26 heavy (non-hydrogen) atoms. The largest absolute Gasteiger partial charge is 0.466 e. The van der Waals surface area contributed by atoms with Gasteiger partial charge in [0.1, 0.15) is 0 Å². The zero-order valence-corrected chi connectivity index (χ0v) is 14.9. The number of nitrogens with zero attached hydrogens (tertiary/aromatic N) is 1. The maximum atomic E-state index is 13.2. The summed E-state index contributed by atoms with van der Waals surface area (Å²) in [7, 11) is 0. The Balaban J connectivity index is 1.97. The van der Waals surface area contributed by atoms with Crippen molar-refractivity contribution >= 4 is 22.5 Å². The molecule has 1 aromatic heterocycles. The van der Waals surface area contributed by atoms with Crippen molar-refractivity contribution in [3.63, 3.8) is 0 Å². The van der Waals surface area contributed by atoms with Crippen LogP contribution in [0.5, 0.6) is 0 Å². The molecule has 0 aliphatic rings. The van der Waals surface area contributed by atoms with Gasteiger partial charge in [-0.25, -0.2) is 0 Å². The first-order valence-electron chi connectivity index (χ1n) is 8.68. The van der Waals surface area contributed by atoms with E-state index in [0.717, 1.165) is 21.9 Å². The average Bonchev–Trinajstić information content (AvgIpc) is 2.66. The van der Waals surface area contributed by atoms with E-state index in [2.05, 4.69) is 11.1 Å². The summed E-state index contributed by atoms with van der Waals surface area (Å²) in [6, 6.07) is 15.3. The van der Waals surface area contributed by atoms with E-state index in [1.54, 1.807) is 31.5 Å². The van der Waals surface area contributed by atoms with E-state index in [1.165, 1.54) is 0 Å². The van der Waals surface area contributed by atoms with Crippen LogP contribution in [0, 0.1) is 6.92 Å². The molecule has 1 heterocycles. The van der Waals surface area contributed by atoms with Gasteiger partial charge in [0.25, 0.3) is 0 Å². The molecule has 0 aliphatic carbocycles. The van der Waals surface area contributed by atoms with Crippen LogP contribution in [0.2, 0.25) is 0 Å². The van der Waals surface area contributed by atoms with Crippen molar-refractivity contribution < 1.29 is 14.3 Å². The fraction of sp³-hybridized carbons (Fsp3) is 0.227. The number of ketones is 1. The minimum absolute atomic E-state index is 0.0164. The van der Waals surface area contributed by atoms with Crippen LogP contribution in [0.25, 0.3) is 10.8 Å². The summed E-state index contributed by atoms with van der Waals surface area (Å²) in [6.07, 6.45) is 3.28. The van der Waals surface area contributed by atoms with Crippen LogP contribution >= 0.6 is 0 Å². The zero-order valence-electron chi connectivity index (χ0n) is 14.9. The van der Waals surface area contributed by atoms with E-state index in [-0.39, 0.29) is 18.2 Å².